The summed E-state index contributed by atoms with van der Waals surface area (Å²) in [6.45, 7) is 0.769. The number of ether oxygens (including phenoxy) is 2. The molecule has 1 aromatic rings. The highest BCUT2D eigenvalue weighted by atomic mass is 16.5. The number of carbonyl (C=O) groups is 2. The summed E-state index contributed by atoms with van der Waals surface area (Å²) >= 11 is 0. The zero-order valence-corrected chi connectivity index (χ0v) is 11.4. The number of para-hydroxylation sites is 2. The van der Waals surface area contributed by atoms with Crippen LogP contribution in [0.1, 0.15) is 0 Å². The van der Waals surface area contributed by atoms with Crippen molar-refractivity contribution in [1.29, 1.82) is 0 Å². The summed E-state index contributed by atoms with van der Waals surface area (Å²) in [5.74, 6) is -0.0253. The van der Waals surface area contributed by atoms with Crippen LogP contribution >= 0.6 is 0 Å². The second-order valence-electron chi connectivity index (χ2n) is 4.95. The Labute approximate surface area is 116 Å². The van der Waals surface area contributed by atoms with Gasteiger partial charge in [-0.1, -0.05) is 12.1 Å². The van der Waals surface area contributed by atoms with Gasteiger partial charge in [-0.05, 0) is 12.1 Å². The molecule has 2 unspecified atom stereocenters. The zero-order valence-electron chi connectivity index (χ0n) is 11.4. The minimum atomic E-state index is -0.341. The molecule has 0 aromatic heterocycles. The van der Waals surface area contributed by atoms with Gasteiger partial charge in [0, 0.05) is 7.05 Å². The third kappa shape index (κ3) is 1.76. The molecule has 2 atom stereocenters. The Kier molecular flexibility index (Phi) is 3.10. The summed E-state index contributed by atoms with van der Waals surface area (Å²) in [5, 5.41) is 0. The molecule has 2 fully saturated rings. The fraction of sp³-hybridized carbons (Fsp3) is 0.429. The van der Waals surface area contributed by atoms with Crippen molar-refractivity contribution in [2.75, 3.05) is 32.3 Å². The van der Waals surface area contributed by atoms with Gasteiger partial charge in [0.05, 0.1) is 38.0 Å². The van der Waals surface area contributed by atoms with E-state index in [0.29, 0.717) is 24.7 Å². The molecule has 2 aliphatic rings. The van der Waals surface area contributed by atoms with Crippen LogP contribution < -0.4 is 9.64 Å². The highest BCUT2D eigenvalue weighted by Crippen LogP contribution is 2.35. The quantitative estimate of drug-likeness (QED) is 0.812. The molecule has 3 amide bonds. The molecular formula is C14H16N2O4. The Balaban J connectivity index is 2.03. The molecule has 2 saturated heterocycles. The molecule has 6 heteroatoms. The number of amides is 3. The van der Waals surface area contributed by atoms with Crippen molar-refractivity contribution in [2.45, 2.75) is 6.04 Å². The van der Waals surface area contributed by atoms with E-state index in [1.807, 2.05) is 0 Å². The largest absolute Gasteiger partial charge is 0.495 e. The number of anilines is 1. The number of imide groups is 1. The lowest BCUT2D eigenvalue weighted by atomic mass is 9.98. The smallest absolute Gasteiger partial charge is 0.331 e. The number of likely N-dealkylation sites (N-methyl/N-ethyl adjacent to an activating group) is 1. The van der Waals surface area contributed by atoms with Crippen molar-refractivity contribution in [1.82, 2.24) is 4.90 Å². The normalized spacial score (nSPS) is 25.9. The molecule has 1 aromatic carbocycles. The van der Waals surface area contributed by atoms with Gasteiger partial charge in [0.15, 0.2) is 0 Å². The second kappa shape index (κ2) is 4.79. The van der Waals surface area contributed by atoms with E-state index in [-0.39, 0.29) is 23.9 Å². The van der Waals surface area contributed by atoms with E-state index in [2.05, 4.69) is 0 Å². The van der Waals surface area contributed by atoms with Crippen LogP contribution in [0.15, 0.2) is 24.3 Å². The summed E-state index contributed by atoms with van der Waals surface area (Å²) < 4.78 is 10.6. The first kappa shape index (κ1) is 12.9. The summed E-state index contributed by atoms with van der Waals surface area (Å²) in [6, 6.07) is 6.50. The van der Waals surface area contributed by atoms with Gasteiger partial charge in [0.2, 0.25) is 5.91 Å². The fourth-order valence-corrected chi connectivity index (χ4v) is 2.76. The van der Waals surface area contributed by atoms with Gasteiger partial charge in [-0.2, -0.15) is 0 Å². The molecule has 0 aliphatic carbocycles. The van der Waals surface area contributed by atoms with E-state index in [0.717, 1.165) is 0 Å². The molecule has 0 bridgehead atoms. The number of rotatable bonds is 2. The number of fused-ring (bicyclic) bond motifs is 1. The first-order chi connectivity index (χ1) is 9.65. The SMILES string of the molecule is COc1ccccc1N1C(=O)C2COCC2N(C)C1=O. The van der Waals surface area contributed by atoms with Crippen LogP contribution in [0, 0.1) is 5.92 Å². The van der Waals surface area contributed by atoms with Crippen LogP contribution in [0.3, 0.4) is 0 Å². The van der Waals surface area contributed by atoms with Crippen molar-refractivity contribution < 1.29 is 19.1 Å². The lowest BCUT2D eigenvalue weighted by molar-refractivity contribution is -0.124. The maximum absolute atomic E-state index is 12.6. The van der Waals surface area contributed by atoms with E-state index in [4.69, 9.17) is 9.47 Å². The maximum atomic E-state index is 12.6. The first-order valence-electron chi connectivity index (χ1n) is 6.46. The van der Waals surface area contributed by atoms with E-state index < -0.39 is 0 Å². The molecule has 2 aliphatic heterocycles. The minimum Gasteiger partial charge on any atom is -0.495 e. The molecular weight excluding hydrogens is 260 g/mol. The van der Waals surface area contributed by atoms with Gasteiger partial charge >= 0.3 is 6.03 Å². The highest BCUT2D eigenvalue weighted by Gasteiger charge is 2.48. The number of urea groups is 1. The van der Waals surface area contributed by atoms with Crippen LogP contribution in [0.2, 0.25) is 0 Å². The van der Waals surface area contributed by atoms with Crippen molar-refractivity contribution in [3.8, 4) is 5.75 Å². The third-order valence-electron chi connectivity index (χ3n) is 3.90. The Bertz CT molecular complexity index is 560. The molecule has 6 nitrogen and oxygen atoms in total. The summed E-state index contributed by atoms with van der Waals surface area (Å²) in [5.41, 5.74) is 0.474. The zero-order chi connectivity index (χ0) is 14.3. The van der Waals surface area contributed by atoms with E-state index in [1.165, 1.54) is 12.0 Å². The topological polar surface area (TPSA) is 59.1 Å². The van der Waals surface area contributed by atoms with Gasteiger partial charge in [0.1, 0.15) is 5.75 Å². The van der Waals surface area contributed by atoms with Crippen LogP contribution in [0.4, 0.5) is 10.5 Å². The number of carbonyl (C=O) groups excluding carboxylic acids is 2. The Morgan fingerprint density at radius 3 is 2.75 bits per heavy atom. The van der Waals surface area contributed by atoms with Crippen molar-refractivity contribution in [3.63, 3.8) is 0 Å². The molecule has 2 heterocycles. The lowest BCUT2D eigenvalue weighted by Crippen LogP contribution is -2.60. The predicted molar refractivity (Wildman–Crippen MR) is 71.7 cm³/mol. The predicted octanol–water partition coefficient (Wildman–Crippen LogP) is 1.11. The molecule has 20 heavy (non-hydrogen) atoms. The minimum absolute atomic E-state index is 0.166. The average Bonchev–Trinajstić information content (AvgIpc) is 2.95. The number of nitrogens with zero attached hydrogens (tertiary/aromatic N) is 2. The van der Waals surface area contributed by atoms with E-state index >= 15 is 0 Å². The van der Waals surface area contributed by atoms with Gasteiger partial charge < -0.3 is 14.4 Å². The lowest BCUT2D eigenvalue weighted by Gasteiger charge is -2.39. The standard InChI is InChI=1S/C14H16N2O4/c1-15-11-8-20-7-9(11)13(17)16(14(15)18)10-5-3-4-6-12(10)19-2/h3-6,9,11H,7-8H2,1-2H3. The number of benzene rings is 1. The number of hydrogen-bond acceptors (Lipinski definition) is 4. The Morgan fingerprint density at radius 1 is 1.25 bits per heavy atom. The average molecular weight is 276 g/mol. The van der Waals surface area contributed by atoms with Crippen LogP contribution in [-0.2, 0) is 9.53 Å². The number of hydrogen-bond donors (Lipinski definition) is 0. The summed E-state index contributed by atoms with van der Waals surface area (Å²) in [4.78, 5) is 27.8. The van der Waals surface area contributed by atoms with Crippen LogP contribution in [0.25, 0.3) is 0 Å². The fourth-order valence-electron chi connectivity index (χ4n) is 2.76. The van der Waals surface area contributed by atoms with Gasteiger partial charge in [-0.15, -0.1) is 0 Å². The van der Waals surface area contributed by atoms with Gasteiger partial charge in [-0.3, -0.25) is 4.79 Å². The third-order valence-corrected chi connectivity index (χ3v) is 3.90. The van der Waals surface area contributed by atoms with Crippen LogP contribution in [0.5, 0.6) is 5.75 Å². The number of methoxy groups -OCH3 is 1. The second-order valence-corrected chi connectivity index (χ2v) is 4.95. The van der Waals surface area contributed by atoms with Gasteiger partial charge in [-0.25, -0.2) is 9.69 Å². The van der Waals surface area contributed by atoms with Crippen molar-refractivity contribution >= 4 is 17.6 Å². The Morgan fingerprint density at radius 2 is 2.00 bits per heavy atom. The maximum Gasteiger partial charge on any atom is 0.331 e. The summed E-state index contributed by atoms with van der Waals surface area (Å²) in [7, 11) is 3.21. The van der Waals surface area contributed by atoms with E-state index in [9.17, 15) is 9.59 Å². The highest BCUT2D eigenvalue weighted by molar-refractivity contribution is 6.17. The molecule has 0 spiro atoms. The van der Waals surface area contributed by atoms with Crippen molar-refractivity contribution in [3.05, 3.63) is 24.3 Å². The molecule has 0 saturated carbocycles. The molecule has 106 valence electrons. The van der Waals surface area contributed by atoms with Crippen molar-refractivity contribution in [2.24, 2.45) is 5.92 Å². The van der Waals surface area contributed by atoms with Gasteiger partial charge in [0.25, 0.3) is 0 Å². The first-order valence-corrected chi connectivity index (χ1v) is 6.46. The molecule has 3 rings (SSSR count). The summed E-state index contributed by atoms with van der Waals surface area (Å²) in [6.07, 6.45) is 0. The van der Waals surface area contributed by atoms with Crippen LogP contribution in [-0.4, -0.2) is 50.3 Å². The molecule has 0 radical (unpaired) electrons. The van der Waals surface area contributed by atoms with E-state index in [1.54, 1.807) is 36.2 Å². The monoisotopic (exact) mass is 276 g/mol. The Hall–Kier alpha value is -2.08. The molecule has 0 N–H and O–H groups in total.